The van der Waals surface area contributed by atoms with Gasteiger partial charge in [0.25, 0.3) is 15.9 Å². The number of benzene rings is 1. The predicted molar refractivity (Wildman–Crippen MR) is 137 cm³/mol. The fourth-order valence-electron chi connectivity index (χ4n) is 5.38. The van der Waals surface area contributed by atoms with Crippen molar-refractivity contribution in [3.05, 3.63) is 41.5 Å². The lowest BCUT2D eigenvalue weighted by atomic mass is 9.82. The Morgan fingerprint density at radius 3 is 2.51 bits per heavy atom. The molecule has 2 atom stereocenters. The van der Waals surface area contributed by atoms with Crippen LogP contribution in [0.5, 0.6) is 0 Å². The molecule has 1 aliphatic carbocycles. The number of aromatic nitrogens is 1. The average molecular weight is 566 g/mol. The summed E-state index contributed by atoms with van der Waals surface area (Å²) in [5.41, 5.74) is 0.220. The van der Waals surface area contributed by atoms with Crippen LogP contribution in [0.25, 0.3) is 0 Å². The van der Waals surface area contributed by atoms with Gasteiger partial charge in [0.05, 0.1) is 6.42 Å². The number of anilines is 1. The zero-order valence-electron chi connectivity index (χ0n) is 21.7. The number of hydrogen-bond acceptors (Lipinski definition) is 7. The Morgan fingerprint density at radius 1 is 1.18 bits per heavy atom. The van der Waals surface area contributed by atoms with Gasteiger partial charge in [-0.15, -0.1) is 0 Å². The number of hydrogen-bond donors (Lipinski definition) is 3. The lowest BCUT2D eigenvalue weighted by Gasteiger charge is -2.33. The first kappa shape index (κ1) is 28.5. The van der Waals surface area contributed by atoms with E-state index in [2.05, 4.69) is 15.8 Å². The van der Waals surface area contributed by atoms with Gasteiger partial charge in [-0.1, -0.05) is 30.5 Å². The average Bonchev–Trinajstić information content (AvgIpc) is 3.48. The molecule has 1 saturated heterocycles. The molecule has 1 aromatic carbocycles. The van der Waals surface area contributed by atoms with E-state index >= 15 is 0 Å². The quantitative estimate of drug-likeness (QED) is 0.440. The molecule has 1 saturated carbocycles. The van der Waals surface area contributed by atoms with Crippen molar-refractivity contribution in [2.45, 2.75) is 69.5 Å². The SMILES string of the molecule is Cc1noc(C)c1S(=O)(=O)N1CCN(C(=O)Nc2cccc(F)c2)C1C(=O)NC(CC(=O)O)C1CCCCC1. The highest BCUT2D eigenvalue weighted by Crippen LogP contribution is 2.31. The van der Waals surface area contributed by atoms with Crippen molar-refractivity contribution < 1.29 is 36.8 Å². The van der Waals surface area contributed by atoms with Crippen molar-refractivity contribution in [1.82, 2.24) is 19.7 Å². The Kier molecular flexibility index (Phi) is 8.54. The lowest BCUT2D eigenvalue weighted by Crippen LogP contribution is -2.57. The fraction of sp³-hybridized carbons (Fsp3) is 0.520. The minimum Gasteiger partial charge on any atom is -0.481 e. The third kappa shape index (κ3) is 6.22. The fourth-order valence-corrected chi connectivity index (χ4v) is 7.22. The van der Waals surface area contributed by atoms with E-state index in [-0.39, 0.29) is 47.5 Å². The smallest absolute Gasteiger partial charge is 0.323 e. The first-order valence-corrected chi connectivity index (χ1v) is 14.2. The summed E-state index contributed by atoms with van der Waals surface area (Å²) in [4.78, 5) is 39.5. The first-order chi connectivity index (χ1) is 18.5. The maximum Gasteiger partial charge on any atom is 0.323 e. The normalized spacial score (nSPS) is 19.6. The largest absolute Gasteiger partial charge is 0.481 e. The summed E-state index contributed by atoms with van der Waals surface area (Å²) >= 11 is 0. The van der Waals surface area contributed by atoms with Crippen LogP contribution in [-0.4, -0.2) is 71.1 Å². The number of amides is 3. The molecule has 1 aliphatic heterocycles. The second-order valence-corrected chi connectivity index (χ2v) is 11.7. The molecule has 12 nitrogen and oxygen atoms in total. The van der Waals surface area contributed by atoms with Crippen LogP contribution in [0.1, 0.15) is 50.0 Å². The molecule has 3 amide bonds. The molecule has 0 radical (unpaired) electrons. The maximum absolute atomic E-state index is 13.8. The molecule has 2 fully saturated rings. The molecular weight excluding hydrogens is 533 g/mol. The van der Waals surface area contributed by atoms with Crippen LogP contribution in [0.3, 0.4) is 0 Å². The molecule has 212 valence electrons. The van der Waals surface area contributed by atoms with Crippen LogP contribution in [-0.2, 0) is 19.6 Å². The molecule has 0 bridgehead atoms. The number of carbonyl (C=O) groups excluding carboxylic acids is 2. The molecule has 3 N–H and O–H groups in total. The number of nitrogens with zero attached hydrogens (tertiary/aromatic N) is 3. The summed E-state index contributed by atoms with van der Waals surface area (Å²) in [5.74, 6) is -2.58. The topological polar surface area (TPSA) is 162 Å². The number of rotatable bonds is 8. The second-order valence-electron chi connectivity index (χ2n) is 9.89. The zero-order chi connectivity index (χ0) is 28.3. The standard InChI is InChI=1S/C25H32FN5O7S/c1-15-22(16(2)38-29-15)39(36,37)31-12-11-30(25(35)27-19-10-6-9-18(26)13-19)24(31)23(34)28-20(14-21(32)33)17-7-4-3-5-8-17/h6,9-10,13,17,20,24H,3-5,7-8,11-12,14H2,1-2H3,(H,27,35)(H,28,34)(H,32,33). The number of aryl methyl sites for hydroxylation is 2. The highest BCUT2D eigenvalue weighted by Gasteiger charge is 2.48. The third-order valence-corrected chi connectivity index (χ3v) is 9.27. The molecule has 0 spiro atoms. The van der Waals surface area contributed by atoms with Crippen LogP contribution in [0.2, 0.25) is 0 Å². The van der Waals surface area contributed by atoms with Gasteiger partial charge < -0.3 is 20.3 Å². The Bertz CT molecular complexity index is 1320. The van der Waals surface area contributed by atoms with E-state index in [0.717, 1.165) is 47.4 Å². The zero-order valence-corrected chi connectivity index (χ0v) is 22.5. The Morgan fingerprint density at radius 2 is 1.90 bits per heavy atom. The van der Waals surface area contributed by atoms with Crippen LogP contribution < -0.4 is 10.6 Å². The lowest BCUT2D eigenvalue weighted by molar-refractivity contribution is -0.138. The monoisotopic (exact) mass is 565 g/mol. The van der Waals surface area contributed by atoms with E-state index in [1.54, 1.807) is 0 Å². The minimum atomic E-state index is -4.36. The number of nitrogens with one attached hydrogen (secondary N) is 2. The van der Waals surface area contributed by atoms with Crippen LogP contribution >= 0.6 is 0 Å². The van der Waals surface area contributed by atoms with Gasteiger partial charge in [0.1, 0.15) is 16.4 Å². The van der Waals surface area contributed by atoms with Gasteiger partial charge in [0, 0.05) is 24.8 Å². The van der Waals surface area contributed by atoms with Crippen LogP contribution in [0.15, 0.2) is 33.7 Å². The number of carboxylic acids is 1. The second kappa shape index (κ2) is 11.7. The highest BCUT2D eigenvalue weighted by molar-refractivity contribution is 7.89. The molecule has 2 heterocycles. The van der Waals surface area contributed by atoms with Gasteiger partial charge in [0.15, 0.2) is 11.9 Å². The number of aliphatic carboxylic acids is 1. The van der Waals surface area contributed by atoms with Crippen molar-refractivity contribution in [2.24, 2.45) is 5.92 Å². The Hall–Kier alpha value is -3.52. The molecular formula is C25H32FN5O7S. The van der Waals surface area contributed by atoms with Gasteiger partial charge in [-0.05, 0) is 50.8 Å². The van der Waals surface area contributed by atoms with Gasteiger partial charge >= 0.3 is 12.0 Å². The van der Waals surface area contributed by atoms with E-state index in [4.69, 9.17) is 4.52 Å². The third-order valence-electron chi connectivity index (χ3n) is 7.18. The summed E-state index contributed by atoms with van der Waals surface area (Å²) < 4.78 is 47.1. The van der Waals surface area contributed by atoms with E-state index < -0.39 is 46.0 Å². The number of sulfonamides is 1. The van der Waals surface area contributed by atoms with E-state index in [0.29, 0.717) is 0 Å². The van der Waals surface area contributed by atoms with Gasteiger partial charge in [0.2, 0.25) is 0 Å². The maximum atomic E-state index is 13.8. The molecule has 39 heavy (non-hydrogen) atoms. The van der Waals surface area contributed by atoms with Crippen LogP contribution in [0.4, 0.5) is 14.9 Å². The van der Waals surface area contributed by atoms with Crippen molar-refractivity contribution >= 4 is 33.6 Å². The van der Waals surface area contributed by atoms with Crippen molar-refractivity contribution in [1.29, 1.82) is 0 Å². The van der Waals surface area contributed by atoms with Crippen molar-refractivity contribution in [2.75, 3.05) is 18.4 Å². The molecule has 1 aromatic heterocycles. The van der Waals surface area contributed by atoms with Crippen molar-refractivity contribution in [3.8, 4) is 0 Å². The molecule has 4 rings (SSSR count). The summed E-state index contributed by atoms with van der Waals surface area (Å²) in [6.07, 6.45) is 2.31. The molecule has 2 unspecified atom stereocenters. The van der Waals surface area contributed by atoms with Gasteiger partial charge in [-0.3, -0.25) is 14.5 Å². The highest BCUT2D eigenvalue weighted by atomic mass is 32.2. The molecule has 2 aromatic rings. The van der Waals surface area contributed by atoms with E-state index in [1.807, 2.05) is 0 Å². The number of urea groups is 1. The Labute approximate surface area is 225 Å². The van der Waals surface area contributed by atoms with Crippen LogP contribution in [0, 0.1) is 25.6 Å². The van der Waals surface area contributed by atoms with Crippen molar-refractivity contribution in [3.63, 3.8) is 0 Å². The predicted octanol–water partition coefficient (Wildman–Crippen LogP) is 2.83. The van der Waals surface area contributed by atoms with Gasteiger partial charge in [-0.2, -0.15) is 4.31 Å². The summed E-state index contributed by atoms with van der Waals surface area (Å²) in [6, 6.07) is 3.59. The molecule has 2 aliphatic rings. The van der Waals surface area contributed by atoms with E-state index in [1.165, 1.54) is 32.0 Å². The summed E-state index contributed by atoms with van der Waals surface area (Å²) in [6.45, 7) is 2.52. The first-order valence-electron chi connectivity index (χ1n) is 12.8. The minimum absolute atomic E-state index is 0.0280. The summed E-state index contributed by atoms with van der Waals surface area (Å²) in [7, 11) is -4.36. The van der Waals surface area contributed by atoms with Gasteiger partial charge in [-0.25, -0.2) is 17.6 Å². The number of halogens is 1. The Balaban J connectivity index is 1.67. The summed E-state index contributed by atoms with van der Waals surface area (Å²) in [5, 5.41) is 18.5. The number of carbonyl (C=O) groups is 3. The molecule has 14 heteroatoms. The van der Waals surface area contributed by atoms with E-state index in [9.17, 15) is 32.3 Å². The number of carboxylic acid groups (broad SMARTS) is 1.